The van der Waals surface area contributed by atoms with Crippen LogP contribution in [0.25, 0.3) is 0 Å². The first-order chi connectivity index (χ1) is 9.54. The first-order valence-electron chi connectivity index (χ1n) is 6.32. The number of aryl methyl sites for hydroxylation is 1. The standard InChI is InChI=1S/C12H17N3O5/c1-8-5-13-10(20-8)6-14-12(18)15-2-3-19-9(7-15)4-11(16)17/h5,9H,2-4,6-7H2,1H3,(H,14,18)(H,16,17). The van der Waals surface area contributed by atoms with Crippen LogP contribution >= 0.6 is 0 Å². The number of rotatable bonds is 4. The number of hydrogen-bond acceptors (Lipinski definition) is 5. The number of oxazole rings is 1. The zero-order chi connectivity index (χ0) is 14.5. The van der Waals surface area contributed by atoms with E-state index < -0.39 is 12.1 Å². The minimum absolute atomic E-state index is 0.108. The molecule has 0 radical (unpaired) electrons. The van der Waals surface area contributed by atoms with Crippen molar-refractivity contribution in [2.24, 2.45) is 0 Å². The number of morpholine rings is 1. The molecule has 0 spiro atoms. The zero-order valence-electron chi connectivity index (χ0n) is 11.2. The van der Waals surface area contributed by atoms with Gasteiger partial charge in [0, 0.05) is 13.1 Å². The molecule has 1 aromatic rings. The summed E-state index contributed by atoms with van der Waals surface area (Å²) in [7, 11) is 0. The number of nitrogens with zero attached hydrogens (tertiary/aromatic N) is 2. The van der Waals surface area contributed by atoms with Crippen LogP contribution < -0.4 is 5.32 Å². The van der Waals surface area contributed by atoms with Gasteiger partial charge in [-0.05, 0) is 6.92 Å². The van der Waals surface area contributed by atoms with Gasteiger partial charge in [-0.3, -0.25) is 4.79 Å². The highest BCUT2D eigenvalue weighted by molar-refractivity contribution is 5.74. The lowest BCUT2D eigenvalue weighted by Crippen LogP contribution is -2.49. The summed E-state index contributed by atoms with van der Waals surface area (Å²) >= 11 is 0. The maximum absolute atomic E-state index is 12.0. The predicted molar refractivity (Wildman–Crippen MR) is 67.0 cm³/mol. The lowest BCUT2D eigenvalue weighted by atomic mass is 10.2. The van der Waals surface area contributed by atoms with Gasteiger partial charge in [-0.2, -0.15) is 0 Å². The Morgan fingerprint density at radius 2 is 2.40 bits per heavy atom. The molecular formula is C12H17N3O5. The fourth-order valence-electron chi connectivity index (χ4n) is 1.97. The number of aliphatic carboxylic acids is 1. The molecule has 1 unspecified atom stereocenters. The Kier molecular flexibility index (Phi) is 4.57. The third kappa shape index (κ3) is 3.95. The number of nitrogens with one attached hydrogen (secondary N) is 1. The number of aromatic nitrogens is 1. The van der Waals surface area contributed by atoms with Crippen LogP contribution in [0.5, 0.6) is 0 Å². The van der Waals surface area contributed by atoms with E-state index in [0.29, 0.717) is 24.8 Å². The van der Waals surface area contributed by atoms with Gasteiger partial charge in [-0.25, -0.2) is 9.78 Å². The quantitative estimate of drug-likeness (QED) is 0.827. The monoisotopic (exact) mass is 283 g/mol. The van der Waals surface area contributed by atoms with Gasteiger partial charge in [-0.15, -0.1) is 0 Å². The molecule has 110 valence electrons. The van der Waals surface area contributed by atoms with Crippen molar-refractivity contribution in [2.75, 3.05) is 19.7 Å². The molecular weight excluding hydrogens is 266 g/mol. The van der Waals surface area contributed by atoms with Gasteiger partial charge in [0.05, 0.1) is 31.9 Å². The number of hydrogen-bond donors (Lipinski definition) is 2. The summed E-state index contributed by atoms with van der Waals surface area (Å²) in [6.07, 6.45) is 1.01. The van der Waals surface area contributed by atoms with Crippen LogP contribution in [0.15, 0.2) is 10.6 Å². The van der Waals surface area contributed by atoms with Crippen LogP contribution in [0.4, 0.5) is 4.79 Å². The zero-order valence-corrected chi connectivity index (χ0v) is 11.2. The van der Waals surface area contributed by atoms with E-state index >= 15 is 0 Å². The molecule has 20 heavy (non-hydrogen) atoms. The fraction of sp³-hybridized carbons (Fsp3) is 0.583. The van der Waals surface area contributed by atoms with Gasteiger partial charge < -0.3 is 24.5 Å². The second-order valence-electron chi connectivity index (χ2n) is 4.56. The molecule has 1 fully saturated rings. The molecule has 1 aromatic heterocycles. The summed E-state index contributed by atoms with van der Waals surface area (Å²) in [5, 5.41) is 11.4. The fourth-order valence-corrected chi connectivity index (χ4v) is 1.97. The number of ether oxygens (including phenoxy) is 1. The number of urea groups is 1. The summed E-state index contributed by atoms with van der Waals surface area (Å²) in [5.74, 6) is 0.181. The first-order valence-corrected chi connectivity index (χ1v) is 6.32. The minimum Gasteiger partial charge on any atom is -0.481 e. The van der Waals surface area contributed by atoms with Crippen molar-refractivity contribution < 1.29 is 23.8 Å². The van der Waals surface area contributed by atoms with Gasteiger partial charge in [0.1, 0.15) is 5.76 Å². The lowest BCUT2D eigenvalue weighted by Gasteiger charge is -2.32. The summed E-state index contributed by atoms with van der Waals surface area (Å²) in [5.41, 5.74) is 0. The Morgan fingerprint density at radius 3 is 3.05 bits per heavy atom. The molecule has 2 heterocycles. The topological polar surface area (TPSA) is 105 Å². The third-order valence-corrected chi connectivity index (χ3v) is 2.89. The SMILES string of the molecule is Cc1cnc(CNC(=O)N2CCOC(CC(=O)O)C2)o1. The van der Waals surface area contributed by atoms with Gasteiger partial charge in [0.15, 0.2) is 0 Å². The third-order valence-electron chi connectivity index (χ3n) is 2.89. The van der Waals surface area contributed by atoms with Crippen LogP contribution in [0, 0.1) is 6.92 Å². The average Bonchev–Trinajstić information content (AvgIpc) is 2.81. The molecule has 8 heteroatoms. The Balaban J connectivity index is 1.81. The van der Waals surface area contributed by atoms with Crippen LogP contribution in [-0.2, 0) is 16.1 Å². The Morgan fingerprint density at radius 1 is 1.60 bits per heavy atom. The van der Waals surface area contributed by atoms with E-state index in [1.165, 1.54) is 4.90 Å². The molecule has 1 atom stereocenters. The van der Waals surface area contributed by atoms with Crippen molar-refractivity contribution in [3.05, 3.63) is 17.8 Å². The minimum atomic E-state index is -0.937. The molecule has 1 aliphatic rings. The van der Waals surface area contributed by atoms with E-state index in [0.717, 1.165) is 0 Å². The van der Waals surface area contributed by atoms with Gasteiger partial charge in [0.25, 0.3) is 0 Å². The van der Waals surface area contributed by atoms with Crippen molar-refractivity contribution >= 4 is 12.0 Å². The van der Waals surface area contributed by atoms with Crippen LogP contribution in [0.3, 0.4) is 0 Å². The number of carboxylic acid groups (broad SMARTS) is 1. The largest absolute Gasteiger partial charge is 0.481 e. The van der Waals surface area contributed by atoms with Crippen molar-refractivity contribution in [2.45, 2.75) is 26.0 Å². The second kappa shape index (κ2) is 6.38. The summed E-state index contributed by atoms with van der Waals surface area (Å²) < 4.78 is 10.6. The molecule has 0 aromatic carbocycles. The van der Waals surface area contributed by atoms with Crippen molar-refractivity contribution in [3.8, 4) is 0 Å². The molecule has 0 bridgehead atoms. The maximum Gasteiger partial charge on any atom is 0.318 e. The highest BCUT2D eigenvalue weighted by Crippen LogP contribution is 2.09. The highest BCUT2D eigenvalue weighted by Gasteiger charge is 2.25. The van der Waals surface area contributed by atoms with E-state index in [4.69, 9.17) is 14.3 Å². The predicted octanol–water partition coefficient (Wildman–Crippen LogP) is 0.368. The molecule has 2 N–H and O–H groups in total. The maximum atomic E-state index is 12.0. The molecule has 8 nitrogen and oxygen atoms in total. The number of amides is 2. The van der Waals surface area contributed by atoms with Gasteiger partial charge in [-0.1, -0.05) is 0 Å². The number of carbonyl (C=O) groups is 2. The smallest absolute Gasteiger partial charge is 0.318 e. The van der Waals surface area contributed by atoms with E-state index in [-0.39, 0.29) is 25.5 Å². The molecule has 2 rings (SSSR count). The lowest BCUT2D eigenvalue weighted by molar-refractivity contribution is -0.141. The van der Waals surface area contributed by atoms with Crippen LogP contribution in [0.2, 0.25) is 0 Å². The summed E-state index contributed by atoms with van der Waals surface area (Å²) in [4.78, 5) is 28.1. The number of carbonyl (C=O) groups excluding carboxylic acids is 1. The van der Waals surface area contributed by atoms with Crippen molar-refractivity contribution in [3.63, 3.8) is 0 Å². The summed E-state index contributed by atoms with van der Waals surface area (Å²) in [6.45, 7) is 3.02. The highest BCUT2D eigenvalue weighted by atomic mass is 16.5. The van der Waals surface area contributed by atoms with E-state index in [9.17, 15) is 9.59 Å². The number of carboxylic acids is 1. The Hall–Kier alpha value is -2.09. The van der Waals surface area contributed by atoms with Crippen LogP contribution in [-0.4, -0.2) is 52.8 Å². The first kappa shape index (κ1) is 14.3. The van der Waals surface area contributed by atoms with Gasteiger partial charge in [0.2, 0.25) is 5.89 Å². The summed E-state index contributed by atoms with van der Waals surface area (Å²) in [6, 6.07) is -0.278. The molecule has 2 amide bonds. The van der Waals surface area contributed by atoms with E-state index in [1.54, 1.807) is 13.1 Å². The molecule has 1 saturated heterocycles. The van der Waals surface area contributed by atoms with Crippen molar-refractivity contribution in [1.82, 2.24) is 15.2 Å². The average molecular weight is 283 g/mol. The second-order valence-corrected chi connectivity index (χ2v) is 4.56. The Labute approximate surface area is 115 Å². The van der Waals surface area contributed by atoms with E-state index in [2.05, 4.69) is 10.3 Å². The van der Waals surface area contributed by atoms with E-state index in [1.807, 2.05) is 0 Å². The molecule has 1 aliphatic heterocycles. The van der Waals surface area contributed by atoms with Crippen molar-refractivity contribution in [1.29, 1.82) is 0 Å². The molecule has 0 saturated carbocycles. The Bertz CT molecular complexity index is 487. The normalized spacial score (nSPS) is 18.9. The van der Waals surface area contributed by atoms with Gasteiger partial charge >= 0.3 is 12.0 Å². The van der Waals surface area contributed by atoms with Crippen LogP contribution in [0.1, 0.15) is 18.1 Å². The molecule has 0 aliphatic carbocycles.